The van der Waals surface area contributed by atoms with Crippen molar-refractivity contribution in [2.45, 2.75) is 0 Å². The first-order valence-electron chi connectivity index (χ1n) is 5.04. The Labute approximate surface area is 98.3 Å². The van der Waals surface area contributed by atoms with E-state index in [0.717, 1.165) is 5.56 Å². The number of rotatable bonds is 3. The minimum absolute atomic E-state index is 0.195. The molecule has 2 N–H and O–H groups in total. The predicted molar refractivity (Wildman–Crippen MR) is 62.7 cm³/mol. The smallest absolute Gasteiger partial charge is 0.510 e. The molecule has 0 amide bonds. The van der Waals surface area contributed by atoms with Gasteiger partial charge in [-0.15, -0.1) is 0 Å². The summed E-state index contributed by atoms with van der Waals surface area (Å²) >= 11 is 0. The molecule has 2 rings (SSSR count). The van der Waals surface area contributed by atoms with Gasteiger partial charge in [-0.2, -0.15) is 0 Å². The molecular weight excluding hydrogens is 222 g/mol. The Morgan fingerprint density at radius 2 is 1.65 bits per heavy atom. The van der Waals surface area contributed by atoms with Gasteiger partial charge in [-0.3, -0.25) is 0 Å². The molecule has 0 radical (unpaired) electrons. The molecule has 0 atom stereocenters. The molecule has 5 heteroatoms. The molecule has 0 fully saturated rings. The summed E-state index contributed by atoms with van der Waals surface area (Å²) < 4.78 is 18.0. The third-order valence-electron chi connectivity index (χ3n) is 2.27. The van der Waals surface area contributed by atoms with E-state index in [0.29, 0.717) is 5.56 Å². The number of benzene rings is 2. The van der Waals surface area contributed by atoms with Crippen LogP contribution in [0.25, 0.3) is 11.1 Å². The topological polar surface area (TPSA) is 49.7 Å². The van der Waals surface area contributed by atoms with Crippen LogP contribution in [0.4, 0.5) is 4.39 Å². The zero-order valence-electron chi connectivity index (χ0n) is 8.88. The molecule has 0 bridgehead atoms. The molecule has 3 nitrogen and oxygen atoms in total. The van der Waals surface area contributed by atoms with Gasteiger partial charge in [0.25, 0.3) is 0 Å². The van der Waals surface area contributed by atoms with Gasteiger partial charge in [0.15, 0.2) is 5.82 Å². The second-order valence-corrected chi connectivity index (χ2v) is 3.46. The Balaban J connectivity index is 2.31. The van der Waals surface area contributed by atoms with E-state index < -0.39 is 13.1 Å². The Bertz CT molecular complexity index is 502. The molecule has 0 saturated heterocycles. The highest BCUT2D eigenvalue weighted by Gasteiger charge is 2.14. The molecule has 0 unspecified atom stereocenters. The molecule has 0 heterocycles. The summed E-state index contributed by atoms with van der Waals surface area (Å²) in [6, 6.07) is 13.6. The van der Waals surface area contributed by atoms with Crippen LogP contribution in [0, 0.1) is 5.82 Å². The Kier molecular flexibility index (Phi) is 3.42. The SMILES string of the molecule is OB(O)Oc1ccc(-c2ccccc2)cc1F. The number of hydrogen-bond donors (Lipinski definition) is 2. The van der Waals surface area contributed by atoms with Crippen molar-refractivity contribution in [3.63, 3.8) is 0 Å². The van der Waals surface area contributed by atoms with Crippen molar-refractivity contribution in [3.8, 4) is 16.9 Å². The fraction of sp³-hybridized carbons (Fsp3) is 0. The molecule has 86 valence electrons. The van der Waals surface area contributed by atoms with Gasteiger partial charge in [0, 0.05) is 0 Å². The molecule has 17 heavy (non-hydrogen) atoms. The minimum Gasteiger partial charge on any atom is -0.510 e. The summed E-state index contributed by atoms with van der Waals surface area (Å²) in [6.07, 6.45) is 0. The monoisotopic (exact) mass is 232 g/mol. The first-order valence-corrected chi connectivity index (χ1v) is 5.04. The van der Waals surface area contributed by atoms with E-state index in [-0.39, 0.29) is 5.75 Å². The predicted octanol–water partition coefficient (Wildman–Crippen LogP) is 1.84. The van der Waals surface area contributed by atoms with Crippen LogP contribution in [0.3, 0.4) is 0 Å². The molecule has 0 aromatic heterocycles. The van der Waals surface area contributed by atoms with E-state index in [1.165, 1.54) is 12.1 Å². The maximum Gasteiger partial charge on any atom is 0.707 e. The summed E-state index contributed by atoms with van der Waals surface area (Å²) in [5.74, 6) is -0.834. The van der Waals surface area contributed by atoms with Crippen LogP contribution in [0.1, 0.15) is 0 Å². The third-order valence-corrected chi connectivity index (χ3v) is 2.27. The van der Waals surface area contributed by atoms with Crippen molar-refractivity contribution in [1.82, 2.24) is 0 Å². The van der Waals surface area contributed by atoms with Crippen molar-refractivity contribution in [1.29, 1.82) is 0 Å². The van der Waals surface area contributed by atoms with E-state index in [4.69, 9.17) is 10.0 Å². The van der Waals surface area contributed by atoms with E-state index in [1.54, 1.807) is 6.07 Å². The van der Waals surface area contributed by atoms with Crippen LogP contribution in [0.5, 0.6) is 5.75 Å². The lowest BCUT2D eigenvalue weighted by molar-refractivity contribution is 0.282. The van der Waals surface area contributed by atoms with Crippen molar-refractivity contribution >= 4 is 7.32 Å². The van der Waals surface area contributed by atoms with Crippen molar-refractivity contribution < 1.29 is 19.1 Å². The van der Waals surface area contributed by atoms with E-state index in [9.17, 15) is 4.39 Å². The summed E-state index contributed by atoms with van der Waals surface area (Å²) in [7, 11) is -2.02. The van der Waals surface area contributed by atoms with Gasteiger partial charge in [-0.05, 0) is 23.3 Å². The zero-order chi connectivity index (χ0) is 12.3. The Hall–Kier alpha value is -1.85. The molecule has 0 aliphatic rings. The fourth-order valence-electron chi connectivity index (χ4n) is 1.52. The van der Waals surface area contributed by atoms with E-state index >= 15 is 0 Å². The third kappa shape index (κ3) is 2.84. The molecule has 0 aliphatic carbocycles. The molecular formula is C12H10BFO3. The Morgan fingerprint density at radius 3 is 2.24 bits per heavy atom. The van der Waals surface area contributed by atoms with Crippen LogP contribution in [-0.4, -0.2) is 17.4 Å². The summed E-state index contributed by atoms with van der Waals surface area (Å²) in [6.45, 7) is 0. The summed E-state index contributed by atoms with van der Waals surface area (Å²) in [5.41, 5.74) is 1.57. The molecule has 0 saturated carbocycles. The van der Waals surface area contributed by atoms with E-state index in [1.807, 2.05) is 30.3 Å². The van der Waals surface area contributed by atoms with Crippen molar-refractivity contribution in [2.75, 3.05) is 0 Å². The lowest BCUT2D eigenvalue weighted by Crippen LogP contribution is -2.21. The molecule has 0 spiro atoms. The van der Waals surface area contributed by atoms with Gasteiger partial charge in [-0.25, -0.2) is 4.39 Å². The standard InChI is InChI=1S/C12H10BFO3/c14-11-8-10(9-4-2-1-3-5-9)6-7-12(11)17-13(15)16/h1-8,15-16H. The maximum atomic E-state index is 13.5. The average Bonchev–Trinajstić information content (AvgIpc) is 2.32. The minimum atomic E-state index is -2.02. The fourth-order valence-corrected chi connectivity index (χ4v) is 1.52. The Morgan fingerprint density at radius 1 is 0.941 bits per heavy atom. The van der Waals surface area contributed by atoms with Gasteiger partial charge in [0.05, 0.1) is 0 Å². The average molecular weight is 232 g/mol. The highest BCUT2D eigenvalue weighted by Crippen LogP contribution is 2.25. The number of hydrogen-bond acceptors (Lipinski definition) is 3. The molecule has 2 aromatic carbocycles. The van der Waals surface area contributed by atoms with Crippen LogP contribution in [0.2, 0.25) is 0 Å². The first kappa shape index (κ1) is 11.6. The molecule has 0 aliphatic heterocycles. The van der Waals surface area contributed by atoms with E-state index in [2.05, 4.69) is 4.65 Å². The quantitative estimate of drug-likeness (QED) is 0.793. The highest BCUT2D eigenvalue weighted by molar-refractivity contribution is 6.33. The second-order valence-electron chi connectivity index (χ2n) is 3.46. The van der Waals surface area contributed by atoms with Crippen molar-refractivity contribution in [2.24, 2.45) is 0 Å². The zero-order valence-corrected chi connectivity index (χ0v) is 8.88. The van der Waals surface area contributed by atoms with Crippen LogP contribution < -0.4 is 4.65 Å². The molecule has 2 aromatic rings. The lowest BCUT2D eigenvalue weighted by atomic mass is 10.1. The van der Waals surface area contributed by atoms with Gasteiger partial charge in [0.2, 0.25) is 0 Å². The van der Waals surface area contributed by atoms with Crippen LogP contribution in [0.15, 0.2) is 48.5 Å². The van der Waals surface area contributed by atoms with Gasteiger partial charge in [-0.1, -0.05) is 36.4 Å². The summed E-state index contributed by atoms with van der Waals surface area (Å²) in [4.78, 5) is 0. The van der Waals surface area contributed by atoms with Crippen LogP contribution >= 0.6 is 0 Å². The highest BCUT2D eigenvalue weighted by atomic mass is 19.1. The second kappa shape index (κ2) is 4.99. The largest absolute Gasteiger partial charge is 0.707 e. The van der Waals surface area contributed by atoms with Gasteiger partial charge in [0.1, 0.15) is 5.75 Å². The normalized spacial score (nSPS) is 10.1. The lowest BCUT2D eigenvalue weighted by Gasteiger charge is -2.07. The van der Waals surface area contributed by atoms with Gasteiger partial charge < -0.3 is 14.7 Å². The van der Waals surface area contributed by atoms with Gasteiger partial charge >= 0.3 is 7.32 Å². The summed E-state index contributed by atoms with van der Waals surface area (Å²) in [5, 5.41) is 17.2. The first-order chi connectivity index (χ1) is 8.16. The maximum absolute atomic E-state index is 13.5. The number of halogens is 1. The van der Waals surface area contributed by atoms with Crippen LogP contribution in [-0.2, 0) is 0 Å². The van der Waals surface area contributed by atoms with Crippen molar-refractivity contribution in [3.05, 3.63) is 54.3 Å².